The number of benzene rings is 2. The molecule has 0 aliphatic carbocycles. The topological polar surface area (TPSA) is 103 Å². The summed E-state index contributed by atoms with van der Waals surface area (Å²) in [6, 6.07) is 14.4. The third-order valence-corrected chi connectivity index (χ3v) is 4.46. The number of aromatic amines is 1. The number of aromatic nitrogens is 1. The minimum atomic E-state index is -0.758. The molecule has 0 bridgehead atoms. The zero-order valence-corrected chi connectivity index (χ0v) is 18.0. The number of hydrogen-bond donors (Lipinski definition) is 1. The second kappa shape index (κ2) is 9.43. The molecule has 32 heavy (non-hydrogen) atoms. The Hall–Kier alpha value is -4.00. The van der Waals surface area contributed by atoms with E-state index in [0.717, 1.165) is 0 Å². The van der Waals surface area contributed by atoms with Crippen LogP contribution < -0.4 is 0 Å². The van der Waals surface area contributed by atoms with Gasteiger partial charge in [0.2, 0.25) is 0 Å². The first-order valence-corrected chi connectivity index (χ1v) is 9.95. The molecule has 0 saturated heterocycles. The molecule has 0 aliphatic rings. The van der Waals surface area contributed by atoms with Crippen molar-refractivity contribution in [3.8, 4) is 11.3 Å². The van der Waals surface area contributed by atoms with E-state index in [1.807, 2.05) is 0 Å². The lowest BCUT2D eigenvalue weighted by molar-refractivity contribution is 0.00702. The van der Waals surface area contributed by atoms with E-state index in [4.69, 9.17) is 9.47 Å². The van der Waals surface area contributed by atoms with E-state index in [-0.39, 0.29) is 22.5 Å². The molecule has 3 aromatic rings. The third kappa shape index (κ3) is 5.37. The summed E-state index contributed by atoms with van der Waals surface area (Å²) in [5.74, 6) is -1.69. The predicted molar refractivity (Wildman–Crippen MR) is 118 cm³/mol. The highest BCUT2D eigenvalue weighted by Gasteiger charge is 2.25. The van der Waals surface area contributed by atoms with Crippen LogP contribution in [0.5, 0.6) is 0 Å². The van der Waals surface area contributed by atoms with Gasteiger partial charge in [0, 0.05) is 22.9 Å². The Labute approximate surface area is 185 Å². The fraction of sp³-hybridized carbons (Fsp3) is 0.200. The Bertz CT molecular complexity index is 1150. The molecular formula is C25H23NO6. The van der Waals surface area contributed by atoms with Crippen molar-refractivity contribution in [3.05, 3.63) is 83.0 Å². The van der Waals surface area contributed by atoms with Gasteiger partial charge in [-0.05, 0) is 39.0 Å². The van der Waals surface area contributed by atoms with Gasteiger partial charge >= 0.3 is 11.9 Å². The van der Waals surface area contributed by atoms with Gasteiger partial charge in [0.05, 0.1) is 16.8 Å². The van der Waals surface area contributed by atoms with Gasteiger partial charge in [-0.25, -0.2) is 9.59 Å². The molecule has 3 rings (SSSR count). The number of carbonyl (C=O) groups is 4. The monoisotopic (exact) mass is 433 g/mol. The van der Waals surface area contributed by atoms with Crippen LogP contribution in [0.1, 0.15) is 62.2 Å². The lowest BCUT2D eigenvalue weighted by atomic mass is 9.99. The number of aldehydes is 1. The molecule has 7 nitrogen and oxygen atoms in total. The summed E-state index contributed by atoms with van der Waals surface area (Å²) in [5, 5.41) is 0. The summed E-state index contributed by atoms with van der Waals surface area (Å²) in [5.41, 5.74) is 0.925. The number of esters is 2. The number of H-pyrrole nitrogens is 1. The standard InChI is InChI=1S/C25H23NO6/c1-25(2,3)32-24(30)19-11-12-26-22(19)20-13-16(14-27)9-10-18(20)23(29)31-15-21(28)17-7-5-4-6-8-17/h4-14,26H,15H2,1-3H3. The molecule has 0 saturated carbocycles. The molecule has 0 atom stereocenters. The number of hydrogen-bond acceptors (Lipinski definition) is 6. The van der Waals surface area contributed by atoms with Crippen molar-refractivity contribution < 1.29 is 28.7 Å². The molecule has 164 valence electrons. The van der Waals surface area contributed by atoms with Crippen LogP contribution in [0.25, 0.3) is 11.3 Å². The zero-order valence-electron chi connectivity index (χ0n) is 18.0. The maximum absolute atomic E-state index is 12.8. The Kier molecular flexibility index (Phi) is 6.68. The molecule has 0 spiro atoms. The van der Waals surface area contributed by atoms with Crippen LogP contribution in [0.4, 0.5) is 0 Å². The summed E-state index contributed by atoms with van der Waals surface area (Å²) >= 11 is 0. The highest BCUT2D eigenvalue weighted by Crippen LogP contribution is 2.29. The Balaban J connectivity index is 1.91. The van der Waals surface area contributed by atoms with Crippen molar-refractivity contribution in [2.75, 3.05) is 6.61 Å². The van der Waals surface area contributed by atoms with E-state index in [0.29, 0.717) is 23.1 Å². The average Bonchev–Trinajstić information content (AvgIpc) is 3.26. The lowest BCUT2D eigenvalue weighted by Gasteiger charge is -2.20. The molecule has 1 aromatic heterocycles. The Morgan fingerprint density at radius 1 is 0.938 bits per heavy atom. The largest absolute Gasteiger partial charge is 0.456 e. The van der Waals surface area contributed by atoms with Gasteiger partial charge in [0.25, 0.3) is 0 Å². The number of carbonyl (C=O) groups excluding carboxylic acids is 4. The van der Waals surface area contributed by atoms with Crippen LogP contribution in [0, 0.1) is 0 Å². The summed E-state index contributed by atoms with van der Waals surface area (Å²) < 4.78 is 10.7. The summed E-state index contributed by atoms with van der Waals surface area (Å²) in [6.07, 6.45) is 2.17. The molecule has 1 heterocycles. The van der Waals surface area contributed by atoms with Gasteiger partial charge in [-0.2, -0.15) is 0 Å². The number of ketones is 1. The van der Waals surface area contributed by atoms with E-state index in [9.17, 15) is 19.2 Å². The lowest BCUT2D eigenvalue weighted by Crippen LogP contribution is -2.24. The first-order chi connectivity index (χ1) is 15.2. The predicted octanol–water partition coefficient (Wildman–Crippen LogP) is 4.49. The van der Waals surface area contributed by atoms with Crippen molar-refractivity contribution in [1.82, 2.24) is 4.98 Å². The van der Waals surface area contributed by atoms with Crippen LogP contribution >= 0.6 is 0 Å². The molecule has 1 N–H and O–H groups in total. The highest BCUT2D eigenvalue weighted by molar-refractivity contribution is 6.04. The minimum absolute atomic E-state index is 0.101. The van der Waals surface area contributed by atoms with Crippen LogP contribution in [-0.4, -0.2) is 41.2 Å². The molecule has 0 radical (unpaired) electrons. The van der Waals surface area contributed by atoms with Crippen LogP contribution in [0.2, 0.25) is 0 Å². The fourth-order valence-corrected chi connectivity index (χ4v) is 3.03. The van der Waals surface area contributed by atoms with Gasteiger partial charge in [0.1, 0.15) is 11.9 Å². The van der Waals surface area contributed by atoms with Gasteiger partial charge in [-0.3, -0.25) is 9.59 Å². The quantitative estimate of drug-likeness (QED) is 0.335. The van der Waals surface area contributed by atoms with Crippen molar-refractivity contribution in [2.45, 2.75) is 26.4 Å². The van der Waals surface area contributed by atoms with E-state index < -0.39 is 24.1 Å². The van der Waals surface area contributed by atoms with Crippen LogP contribution in [0.15, 0.2) is 60.8 Å². The van der Waals surface area contributed by atoms with E-state index in [2.05, 4.69) is 4.98 Å². The smallest absolute Gasteiger partial charge is 0.340 e. The molecule has 0 fully saturated rings. The molecule has 0 unspecified atom stereocenters. The number of rotatable bonds is 7. The average molecular weight is 433 g/mol. The molecule has 2 aromatic carbocycles. The van der Waals surface area contributed by atoms with Gasteiger partial charge in [-0.1, -0.05) is 36.4 Å². The normalized spacial score (nSPS) is 11.0. The molecule has 0 aliphatic heterocycles. The molecule has 7 heteroatoms. The van der Waals surface area contributed by atoms with Crippen LogP contribution in [0.3, 0.4) is 0 Å². The maximum atomic E-state index is 12.8. The highest BCUT2D eigenvalue weighted by atomic mass is 16.6. The SMILES string of the molecule is CC(C)(C)OC(=O)c1cc[nH]c1-c1cc(C=O)ccc1C(=O)OCC(=O)c1ccccc1. The summed E-state index contributed by atoms with van der Waals surface area (Å²) in [4.78, 5) is 52.0. The number of Topliss-reactive ketones (excluding diaryl/α,β-unsaturated/α-hetero) is 1. The first-order valence-electron chi connectivity index (χ1n) is 9.95. The van der Waals surface area contributed by atoms with Crippen molar-refractivity contribution >= 4 is 24.0 Å². The fourth-order valence-electron chi connectivity index (χ4n) is 3.03. The minimum Gasteiger partial charge on any atom is -0.456 e. The van der Waals surface area contributed by atoms with Gasteiger partial charge in [-0.15, -0.1) is 0 Å². The summed E-state index contributed by atoms with van der Waals surface area (Å²) in [6.45, 7) is 4.80. The van der Waals surface area contributed by atoms with Crippen molar-refractivity contribution in [2.24, 2.45) is 0 Å². The van der Waals surface area contributed by atoms with Crippen LogP contribution in [-0.2, 0) is 9.47 Å². The second-order valence-electron chi connectivity index (χ2n) is 8.06. The van der Waals surface area contributed by atoms with Gasteiger partial charge in [0.15, 0.2) is 12.4 Å². The number of nitrogens with one attached hydrogen (secondary N) is 1. The number of ether oxygens (including phenoxy) is 2. The zero-order chi connectivity index (χ0) is 23.3. The maximum Gasteiger partial charge on any atom is 0.340 e. The third-order valence-electron chi connectivity index (χ3n) is 4.46. The van der Waals surface area contributed by atoms with Crippen molar-refractivity contribution in [1.29, 1.82) is 0 Å². The van der Waals surface area contributed by atoms with E-state index in [1.165, 1.54) is 30.5 Å². The Morgan fingerprint density at radius 2 is 1.66 bits per heavy atom. The van der Waals surface area contributed by atoms with E-state index in [1.54, 1.807) is 51.1 Å². The summed E-state index contributed by atoms with van der Waals surface area (Å²) in [7, 11) is 0. The first kappa shape index (κ1) is 22.7. The second-order valence-corrected chi connectivity index (χ2v) is 8.06. The van der Waals surface area contributed by atoms with Gasteiger partial charge < -0.3 is 14.5 Å². The molecular weight excluding hydrogens is 410 g/mol. The van der Waals surface area contributed by atoms with E-state index >= 15 is 0 Å². The molecule has 0 amide bonds. The van der Waals surface area contributed by atoms with Crippen molar-refractivity contribution in [3.63, 3.8) is 0 Å². The Morgan fingerprint density at radius 3 is 2.31 bits per heavy atom.